The first kappa shape index (κ1) is 12.6. The largest absolute Gasteiger partial charge is 0.489 e. The molecule has 0 atom stereocenters. The van der Waals surface area contributed by atoms with Crippen molar-refractivity contribution < 1.29 is 9.13 Å². The predicted molar refractivity (Wildman–Crippen MR) is 69.8 cm³/mol. The van der Waals surface area contributed by atoms with Crippen LogP contribution in [-0.4, -0.2) is 0 Å². The Morgan fingerprint density at radius 1 is 1.06 bits per heavy atom. The Hall–Kier alpha value is -1.87. The van der Waals surface area contributed by atoms with Crippen molar-refractivity contribution in [2.45, 2.75) is 20.1 Å². The number of hydrogen-bond donors (Lipinski definition) is 1. The van der Waals surface area contributed by atoms with E-state index in [0.29, 0.717) is 13.2 Å². The summed E-state index contributed by atoms with van der Waals surface area (Å²) in [5.41, 5.74) is 8.47. The van der Waals surface area contributed by atoms with Crippen LogP contribution < -0.4 is 10.5 Å². The normalized spacial score (nSPS) is 10.4. The van der Waals surface area contributed by atoms with Gasteiger partial charge in [-0.3, -0.25) is 0 Å². The van der Waals surface area contributed by atoms with Gasteiger partial charge in [-0.1, -0.05) is 23.8 Å². The van der Waals surface area contributed by atoms with Gasteiger partial charge >= 0.3 is 0 Å². The van der Waals surface area contributed by atoms with Crippen LogP contribution in [0.2, 0.25) is 0 Å². The lowest BCUT2D eigenvalue weighted by molar-refractivity contribution is 0.304. The molecule has 94 valence electrons. The summed E-state index contributed by atoms with van der Waals surface area (Å²) in [6, 6.07) is 12.4. The van der Waals surface area contributed by atoms with E-state index in [1.807, 2.05) is 31.2 Å². The fourth-order valence-electron chi connectivity index (χ4n) is 1.72. The van der Waals surface area contributed by atoms with Crippen LogP contribution in [0, 0.1) is 12.7 Å². The number of hydrogen-bond acceptors (Lipinski definition) is 2. The van der Waals surface area contributed by atoms with Crippen LogP contribution in [0.15, 0.2) is 42.5 Å². The molecule has 0 aliphatic carbocycles. The van der Waals surface area contributed by atoms with E-state index < -0.39 is 0 Å². The second-order valence-corrected chi connectivity index (χ2v) is 4.22. The average molecular weight is 245 g/mol. The second kappa shape index (κ2) is 5.65. The third-order valence-electron chi connectivity index (χ3n) is 2.80. The first-order valence-electron chi connectivity index (χ1n) is 5.86. The molecule has 0 saturated heterocycles. The third-order valence-corrected chi connectivity index (χ3v) is 2.80. The van der Waals surface area contributed by atoms with Crippen LogP contribution in [0.5, 0.6) is 5.75 Å². The third kappa shape index (κ3) is 3.08. The van der Waals surface area contributed by atoms with Gasteiger partial charge in [0.1, 0.15) is 18.2 Å². The molecule has 2 aromatic carbocycles. The molecule has 0 amide bonds. The predicted octanol–water partition coefficient (Wildman–Crippen LogP) is 3.17. The molecule has 0 radical (unpaired) electrons. The highest BCUT2D eigenvalue weighted by Crippen LogP contribution is 2.16. The molecule has 2 aromatic rings. The standard InChI is InChI=1S/C15H16FNO/c1-11-2-6-15(7-3-11)18-10-12-4-5-14(16)8-13(12)9-17/h2-8H,9-10,17H2,1H3. The van der Waals surface area contributed by atoms with Crippen molar-refractivity contribution in [1.29, 1.82) is 0 Å². The smallest absolute Gasteiger partial charge is 0.123 e. The molecular formula is C15H16FNO. The summed E-state index contributed by atoms with van der Waals surface area (Å²) in [6.07, 6.45) is 0. The van der Waals surface area contributed by atoms with Crippen LogP contribution in [-0.2, 0) is 13.2 Å². The van der Waals surface area contributed by atoms with Gasteiger partial charge in [-0.2, -0.15) is 0 Å². The Balaban J connectivity index is 2.08. The molecule has 0 fully saturated rings. The molecule has 2 N–H and O–H groups in total. The molecule has 0 heterocycles. The van der Waals surface area contributed by atoms with Crippen molar-refractivity contribution in [1.82, 2.24) is 0 Å². The van der Waals surface area contributed by atoms with Gasteiger partial charge in [-0.25, -0.2) is 4.39 Å². The van der Waals surface area contributed by atoms with E-state index in [4.69, 9.17) is 10.5 Å². The van der Waals surface area contributed by atoms with Crippen LogP contribution >= 0.6 is 0 Å². The summed E-state index contributed by atoms with van der Waals surface area (Å²) in [5.74, 6) is 0.530. The van der Waals surface area contributed by atoms with Crippen LogP contribution in [0.4, 0.5) is 4.39 Å². The van der Waals surface area contributed by atoms with Crippen molar-refractivity contribution in [3.05, 3.63) is 65.0 Å². The van der Waals surface area contributed by atoms with E-state index in [1.165, 1.54) is 17.7 Å². The highest BCUT2D eigenvalue weighted by Gasteiger charge is 2.03. The number of aryl methyl sites for hydroxylation is 1. The Morgan fingerprint density at radius 2 is 1.78 bits per heavy atom. The fourth-order valence-corrected chi connectivity index (χ4v) is 1.72. The van der Waals surface area contributed by atoms with Gasteiger partial charge in [0.25, 0.3) is 0 Å². The zero-order valence-electron chi connectivity index (χ0n) is 10.3. The first-order chi connectivity index (χ1) is 8.69. The lowest BCUT2D eigenvalue weighted by Crippen LogP contribution is -2.05. The molecule has 3 heteroatoms. The Labute approximate surface area is 106 Å². The summed E-state index contributed by atoms with van der Waals surface area (Å²) >= 11 is 0. The first-order valence-corrected chi connectivity index (χ1v) is 5.86. The molecular weight excluding hydrogens is 229 g/mol. The number of ether oxygens (including phenoxy) is 1. The van der Waals surface area contributed by atoms with Gasteiger partial charge in [0, 0.05) is 6.54 Å². The molecule has 0 saturated carbocycles. The molecule has 0 unspecified atom stereocenters. The van der Waals surface area contributed by atoms with E-state index in [9.17, 15) is 4.39 Å². The Morgan fingerprint density at radius 3 is 2.44 bits per heavy atom. The molecule has 0 aliphatic rings. The van der Waals surface area contributed by atoms with E-state index in [1.54, 1.807) is 6.07 Å². The van der Waals surface area contributed by atoms with Gasteiger partial charge in [0.15, 0.2) is 0 Å². The van der Waals surface area contributed by atoms with Gasteiger partial charge < -0.3 is 10.5 Å². The molecule has 2 rings (SSSR count). The summed E-state index contributed by atoms with van der Waals surface area (Å²) < 4.78 is 18.7. The zero-order valence-corrected chi connectivity index (χ0v) is 10.3. The monoisotopic (exact) mass is 245 g/mol. The summed E-state index contributed by atoms with van der Waals surface area (Å²) in [5, 5.41) is 0. The van der Waals surface area contributed by atoms with Crippen molar-refractivity contribution >= 4 is 0 Å². The van der Waals surface area contributed by atoms with Gasteiger partial charge in [0.05, 0.1) is 0 Å². The van der Waals surface area contributed by atoms with E-state index in [0.717, 1.165) is 16.9 Å². The second-order valence-electron chi connectivity index (χ2n) is 4.22. The Kier molecular flexibility index (Phi) is 3.95. The summed E-state index contributed by atoms with van der Waals surface area (Å²) in [4.78, 5) is 0. The molecule has 18 heavy (non-hydrogen) atoms. The minimum atomic E-state index is -0.269. The molecule has 0 aliphatic heterocycles. The average Bonchev–Trinajstić information content (AvgIpc) is 2.39. The van der Waals surface area contributed by atoms with Crippen LogP contribution in [0.1, 0.15) is 16.7 Å². The zero-order chi connectivity index (χ0) is 13.0. The molecule has 2 nitrogen and oxygen atoms in total. The van der Waals surface area contributed by atoms with Crippen LogP contribution in [0.3, 0.4) is 0 Å². The number of halogens is 1. The topological polar surface area (TPSA) is 35.2 Å². The van der Waals surface area contributed by atoms with E-state index in [-0.39, 0.29) is 5.82 Å². The lowest BCUT2D eigenvalue weighted by Gasteiger charge is -2.10. The van der Waals surface area contributed by atoms with Gasteiger partial charge in [-0.15, -0.1) is 0 Å². The quantitative estimate of drug-likeness (QED) is 0.898. The SMILES string of the molecule is Cc1ccc(OCc2ccc(F)cc2CN)cc1. The maximum atomic E-state index is 13.0. The number of rotatable bonds is 4. The van der Waals surface area contributed by atoms with Crippen molar-refractivity contribution in [2.24, 2.45) is 5.73 Å². The summed E-state index contributed by atoms with van der Waals surface area (Å²) in [7, 11) is 0. The highest BCUT2D eigenvalue weighted by atomic mass is 19.1. The molecule has 0 bridgehead atoms. The maximum absolute atomic E-state index is 13.0. The minimum Gasteiger partial charge on any atom is -0.489 e. The fraction of sp³-hybridized carbons (Fsp3) is 0.200. The van der Waals surface area contributed by atoms with Crippen molar-refractivity contribution in [3.63, 3.8) is 0 Å². The van der Waals surface area contributed by atoms with E-state index >= 15 is 0 Å². The minimum absolute atomic E-state index is 0.269. The summed E-state index contributed by atoms with van der Waals surface area (Å²) in [6.45, 7) is 2.73. The van der Waals surface area contributed by atoms with Crippen molar-refractivity contribution in [2.75, 3.05) is 0 Å². The number of nitrogens with two attached hydrogens (primary N) is 1. The van der Waals surface area contributed by atoms with E-state index in [2.05, 4.69) is 0 Å². The van der Waals surface area contributed by atoms with Crippen molar-refractivity contribution in [3.8, 4) is 5.75 Å². The lowest BCUT2D eigenvalue weighted by atomic mass is 10.1. The maximum Gasteiger partial charge on any atom is 0.123 e. The molecule has 0 spiro atoms. The van der Waals surface area contributed by atoms with Crippen LogP contribution in [0.25, 0.3) is 0 Å². The van der Waals surface area contributed by atoms with Gasteiger partial charge in [0.2, 0.25) is 0 Å². The van der Waals surface area contributed by atoms with Gasteiger partial charge in [-0.05, 0) is 42.3 Å². The highest BCUT2D eigenvalue weighted by molar-refractivity contribution is 5.29. The number of benzene rings is 2. The Bertz CT molecular complexity index is 523. The molecule has 0 aromatic heterocycles.